The Morgan fingerprint density at radius 2 is 1.69 bits per heavy atom. The first-order valence-corrected chi connectivity index (χ1v) is 12.9. The number of para-hydroxylation sites is 1. The molecule has 0 radical (unpaired) electrons. The van der Waals surface area contributed by atoms with Gasteiger partial charge in [-0.05, 0) is 30.7 Å². The molecular weight excluding hydrogens is 417 g/mol. The van der Waals surface area contributed by atoms with Crippen LogP contribution in [0.5, 0.6) is 0 Å². The second-order valence-electron chi connectivity index (χ2n) is 9.24. The summed E-state index contributed by atoms with van der Waals surface area (Å²) in [6, 6.07) is 17.3. The van der Waals surface area contributed by atoms with Crippen molar-refractivity contribution in [2.75, 3.05) is 45.3 Å². The van der Waals surface area contributed by atoms with Crippen LogP contribution in [0.1, 0.15) is 25.0 Å². The van der Waals surface area contributed by atoms with Gasteiger partial charge in [0, 0.05) is 44.0 Å². The Bertz CT molecular complexity index is 1150. The Kier molecular flexibility index (Phi) is 5.28. The summed E-state index contributed by atoms with van der Waals surface area (Å²) in [6.07, 6.45) is 2.07. The van der Waals surface area contributed by atoms with Gasteiger partial charge in [0.25, 0.3) is 0 Å². The summed E-state index contributed by atoms with van der Waals surface area (Å²) in [5.41, 5.74) is 6.01. The van der Waals surface area contributed by atoms with Gasteiger partial charge < -0.3 is 9.64 Å². The molecule has 0 spiro atoms. The minimum atomic E-state index is -2.33. The maximum Gasteiger partial charge on any atom is 0.174 e. The zero-order chi connectivity index (χ0) is 22.5. The van der Waals surface area contributed by atoms with Crippen LogP contribution in [0.3, 0.4) is 0 Å². The molecule has 1 unspecified atom stereocenters. The number of hydrogen-bond acceptors (Lipinski definition) is 4. The molecule has 1 saturated heterocycles. The van der Waals surface area contributed by atoms with E-state index in [2.05, 4.69) is 104 Å². The average molecular weight is 450 g/mol. The second kappa shape index (κ2) is 7.87. The highest BCUT2D eigenvalue weighted by Gasteiger charge is 2.48. The predicted octanol–water partition coefficient (Wildman–Crippen LogP) is 5.56. The van der Waals surface area contributed by atoms with E-state index >= 15 is 0 Å². The Balaban J connectivity index is 1.79. The molecule has 3 aliphatic rings. The number of ether oxygens (including phenoxy) is 1. The van der Waals surface area contributed by atoms with Crippen molar-refractivity contribution in [1.29, 1.82) is 0 Å². The van der Waals surface area contributed by atoms with Crippen LogP contribution in [0.25, 0.3) is 0 Å². The highest BCUT2D eigenvalue weighted by atomic mass is 31.2. The van der Waals surface area contributed by atoms with Gasteiger partial charge in [-0.1, -0.05) is 49.7 Å². The minimum absolute atomic E-state index is 0.141. The van der Waals surface area contributed by atoms with Crippen LogP contribution in [0.15, 0.2) is 69.4 Å². The van der Waals surface area contributed by atoms with Crippen molar-refractivity contribution in [3.63, 3.8) is 0 Å². The zero-order valence-electron chi connectivity index (χ0n) is 19.6. The molecule has 32 heavy (non-hydrogen) atoms. The van der Waals surface area contributed by atoms with Gasteiger partial charge in [-0.15, -0.1) is 0 Å². The number of rotatable bonds is 2. The number of aryl methyl sites for hydroxylation is 1. The quantitative estimate of drug-likeness (QED) is 0.563. The summed E-state index contributed by atoms with van der Waals surface area (Å²) in [5, 5.41) is 6.11. The fourth-order valence-electron chi connectivity index (χ4n) is 5.22. The maximum absolute atomic E-state index is 5.73. The van der Waals surface area contributed by atoms with E-state index < -0.39 is 7.36 Å². The molecule has 6 nitrogen and oxygen atoms in total. The van der Waals surface area contributed by atoms with E-state index in [0.717, 1.165) is 32.0 Å². The lowest BCUT2D eigenvalue weighted by Gasteiger charge is -2.41. The van der Waals surface area contributed by atoms with Crippen LogP contribution >= 0.6 is 7.36 Å². The molecule has 7 heteroatoms. The molecule has 3 heterocycles. The Hall–Kier alpha value is -2.40. The zero-order valence-corrected chi connectivity index (χ0v) is 20.5. The van der Waals surface area contributed by atoms with Crippen LogP contribution in [0.4, 0.5) is 11.4 Å². The van der Waals surface area contributed by atoms with Gasteiger partial charge in [0.2, 0.25) is 0 Å². The molecule has 0 saturated carbocycles. The van der Waals surface area contributed by atoms with Gasteiger partial charge in [0.1, 0.15) is 0 Å². The topological polar surface area (TPSA) is 43.7 Å². The molecule has 0 aliphatic carbocycles. The number of morpholine rings is 1. The van der Waals surface area contributed by atoms with Crippen LogP contribution in [-0.4, -0.2) is 56.1 Å². The molecule has 3 aliphatic heterocycles. The third-order valence-electron chi connectivity index (χ3n) is 6.85. The van der Waals surface area contributed by atoms with E-state index in [1.807, 2.05) is 0 Å². The molecule has 0 N–H and O–H groups in total. The lowest BCUT2D eigenvalue weighted by atomic mass is 9.84. The van der Waals surface area contributed by atoms with E-state index in [0.29, 0.717) is 0 Å². The number of benzene rings is 2. The minimum Gasteiger partial charge on any atom is -0.379 e. The van der Waals surface area contributed by atoms with Gasteiger partial charge in [-0.2, -0.15) is 5.10 Å². The van der Waals surface area contributed by atoms with Crippen LogP contribution in [0.2, 0.25) is 0 Å². The van der Waals surface area contributed by atoms with E-state index in [9.17, 15) is 0 Å². The number of hydrazone groups is 1. The van der Waals surface area contributed by atoms with E-state index in [4.69, 9.17) is 14.6 Å². The number of anilines is 1. The molecule has 1 fully saturated rings. The summed E-state index contributed by atoms with van der Waals surface area (Å²) < 4.78 is 15.9. The molecule has 5 rings (SSSR count). The van der Waals surface area contributed by atoms with Crippen molar-refractivity contribution in [1.82, 2.24) is 9.45 Å². The predicted molar refractivity (Wildman–Crippen MR) is 134 cm³/mol. The molecule has 2 aromatic carbocycles. The van der Waals surface area contributed by atoms with Crippen molar-refractivity contribution in [3.05, 3.63) is 70.7 Å². The molecule has 2 aromatic rings. The smallest absolute Gasteiger partial charge is 0.174 e. The molecule has 168 valence electrons. The van der Waals surface area contributed by atoms with E-state index in [-0.39, 0.29) is 5.41 Å². The Morgan fingerprint density at radius 3 is 2.38 bits per heavy atom. The van der Waals surface area contributed by atoms with Gasteiger partial charge in [0.05, 0.1) is 30.4 Å². The third-order valence-corrected chi connectivity index (χ3v) is 10.4. The molecule has 0 bridgehead atoms. The molecule has 0 aromatic heterocycles. The third kappa shape index (κ3) is 3.16. The average Bonchev–Trinajstić information content (AvgIpc) is 3.22. The maximum atomic E-state index is 5.73. The first kappa shape index (κ1) is 21.4. The normalized spacial score (nSPS) is 27.2. The van der Waals surface area contributed by atoms with Crippen molar-refractivity contribution in [3.8, 4) is 0 Å². The molecule has 1 atom stereocenters. The van der Waals surface area contributed by atoms with E-state index in [1.54, 1.807) is 0 Å². The Labute approximate surface area is 191 Å². The second-order valence-corrected chi connectivity index (χ2v) is 12.2. The van der Waals surface area contributed by atoms with Gasteiger partial charge in [0.15, 0.2) is 7.36 Å². The van der Waals surface area contributed by atoms with Crippen LogP contribution < -0.4 is 4.90 Å². The van der Waals surface area contributed by atoms with Crippen molar-refractivity contribution in [2.45, 2.75) is 26.2 Å². The largest absolute Gasteiger partial charge is 0.379 e. The first-order chi connectivity index (χ1) is 15.4. The molecule has 0 amide bonds. The lowest BCUT2D eigenvalue weighted by molar-refractivity contribution is 0.0725. The SMILES string of the molecule is Cc1ccc(N=P2(N3CCOCC3)C(=C3N(C)c4ccccc4C3(C)C)C=NN2C)cc1. The van der Waals surface area contributed by atoms with Gasteiger partial charge in [-0.25, -0.2) is 14.2 Å². The van der Waals surface area contributed by atoms with Crippen LogP contribution in [0, 0.1) is 6.92 Å². The summed E-state index contributed by atoms with van der Waals surface area (Å²) in [6.45, 7) is 9.91. The monoisotopic (exact) mass is 449 g/mol. The number of likely N-dealkylation sites (N-methyl/N-ethyl adjacent to an activating group) is 1. The highest BCUT2D eigenvalue weighted by Crippen LogP contribution is 2.69. The fourth-order valence-corrected chi connectivity index (χ4v) is 8.86. The lowest BCUT2D eigenvalue weighted by Crippen LogP contribution is -2.37. The summed E-state index contributed by atoms with van der Waals surface area (Å²) >= 11 is 0. The first-order valence-electron chi connectivity index (χ1n) is 11.2. The van der Waals surface area contributed by atoms with Crippen molar-refractivity contribution >= 4 is 24.9 Å². The number of allylic oxidation sites excluding steroid dienone is 2. The number of fused-ring (bicyclic) bond motifs is 1. The summed E-state index contributed by atoms with van der Waals surface area (Å²) in [5.74, 6) is 0. The van der Waals surface area contributed by atoms with E-state index in [1.165, 1.54) is 27.8 Å². The van der Waals surface area contributed by atoms with Gasteiger partial charge in [-0.3, -0.25) is 0 Å². The number of nitrogens with zero attached hydrogens (tertiary/aromatic N) is 5. The molecular formula is C25H32N5OP. The summed E-state index contributed by atoms with van der Waals surface area (Å²) in [7, 11) is 1.94. The standard InChI is InChI=1S/C25H32N5OP/c1-19-10-12-20(13-11-19)27-32(30-14-16-31-17-15-30)23(18-26-29(32)5)24-25(2,3)21-8-6-7-9-22(21)28(24)4/h6-13,18H,14-17H2,1-5H3. The van der Waals surface area contributed by atoms with Gasteiger partial charge >= 0.3 is 0 Å². The number of hydrogen-bond donors (Lipinski definition) is 0. The fraction of sp³-hybridized carbons (Fsp3) is 0.400. The Morgan fingerprint density at radius 1 is 1.00 bits per heavy atom. The van der Waals surface area contributed by atoms with Crippen LogP contribution in [-0.2, 0) is 10.2 Å². The van der Waals surface area contributed by atoms with Crippen molar-refractivity contribution < 1.29 is 4.74 Å². The van der Waals surface area contributed by atoms with Crippen molar-refractivity contribution in [2.24, 2.45) is 9.85 Å². The highest BCUT2D eigenvalue weighted by molar-refractivity contribution is 7.67. The summed E-state index contributed by atoms with van der Waals surface area (Å²) in [4.78, 5) is 2.36.